The van der Waals surface area contributed by atoms with Crippen LogP contribution < -0.4 is 0 Å². The molecule has 0 spiro atoms. The Hall–Kier alpha value is -0.275. The summed E-state index contributed by atoms with van der Waals surface area (Å²) in [4.78, 5) is 0. The maximum absolute atomic E-state index is 5.69. The number of allylic oxidation sites excluding steroid dienone is 2. The van der Waals surface area contributed by atoms with Gasteiger partial charge < -0.3 is 9.31 Å². The summed E-state index contributed by atoms with van der Waals surface area (Å²) in [5.41, 5.74) is 1.39. The minimum atomic E-state index is -0.105. The highest BCUT2D eigenvalue weighted by molar-refractivity contribution is 6.45. The minimum Gasteiger partial charge on any atom is -0.409 e. The predicted molar refractivity (Wildman–Crippen MR) is 67.1 cm³/mol. The first kappa shape index (κ1) is 14.7. The molecule has 0 fully saturated rings. The Balaban J connectivity index is 4.12. The van der Waals surface area contributed by atoms with Crippen molar-refractivity contribution >= 4 is 7.12 Å². The zero-order valence-corrected chi connectivity index (χ0v) is 11.0. The van der Waals surface area contributed by atoms with E-state index in [2.05, 4.69) is 19.9 Å². The van der Waals surface area contributed by atoms with Gasteiger partial charge in [-0.15, -0.1) is 0 Å². The van der Waals surface area contributed by atoms with Gasteiger partial charge in [-0.3, -0.25) is 0 Å². The predicted octanol–water partition coefficient (Wildman–Crippen LogP) is 3.68. The summed E-state index contributed by atoms with van der Waals surface area (Å²) in [6.07, 6.45) is 4.56. The lowest BCUT2D eigenvalue weighted by atomic mass is 9.82. The van der Waals surface area contributed by atoms with E-state index < -0.39 is 0 Å². The van der Waals surface area contributed by atoms with E-state index in [4.69, 9.17) is 9.31 Å². The molecular weight excluding hydrogens is 187 g/mol. The van der Waals surface area contributed by atoms with Crippen LogP contribution in [0.3, 0.4) is 0 Å². The molecule has 0 amide bonds. The van der Waals surface area contributed by atoms with Crippen molar-refractivity contribution in [3.63, 3.8) is 0 Å². The normalized spacial score (nSPS) is 12.7. The first-order valence-corrected chi connectivity index (χ1v) is 5.92. The average Bonchev–Trinajstić information content (AvgIpc) is 2.11. The summed E-state index contributed by atoms with van der Waals surface area (Å²) in [5.74, 6) is 0. The van der Waals surface area contributed by atoms with Gasteiger partial charge in [0.25, 0.3) is 0 Å². The molecule has 0 radical (unpaired) electrons. The summed E-state index contributed by atoms with van der Waals surface area (Å²) >= 11 is 0. The van der Waals surface area contributed by atoms with Crippen LogP contribution in [0.2, 0.25) is 6.32 Å². The van der Waals surface area contributed by atoms with Crippen molar-refractivity contribution in [1.82, 2.24) is 0 Å². The fraction of sp³-hybridized carbons (Fsp3) is 0.833. The van der Waals surface area contributed by atoms with E-state index in [0.29, 0.717) is 0 Å². The molecule has 0 aromatic carbocycles. The second kappa shape index (κ2) is 7.94. The lowest BCUT2D eigenvalue weighted by Crippen LogP contribution is -2.28. The lowest BCUT2D eigenvalue weighted by molar-refractivity contribution is 0.131. The van der Waals surface area contributed by atoms with Gasteiger partial charge in [0.15, 0.2) is 0 Å². The highest BCUT2D eigenvalue weighted by Gasteiger charge is 2.19. The molecule has 0 saturated carbocycles. The van der Waals surface area contributed by atoms with Crippen LogP contribution >= 0.6 is 0 Å². The molecular formula is C12H25BO2. The Bertz CT molecular complexity index is 178. The van der Waals surface area contributed by atoms with Crippen LogP contribution in [0.5, 0.6) is 0 Å². The van der Waals surface area contributed by atoms with Gasteiger partial charge in [0.1, 0.15) is 0 Å². The van der Waals surface area contributed by atoms with Gasteiger partial charge in [0, 0.05) is 18.5 Å². The summed E-state index contributed by atoms with van der Waals surface area (Å²) in [7, 11) is -0.105. The summed E-state index contributed by atoms with van der Waals surface area (Å²) < 4.78 is 11.4. The Labute approximate surface area is 95.2 Å². The topological polar surface area (TPSA) is 18.5 Å². The molecule has 0 unspecified atom stereocenters. The van der Waals surface area contributed by atoms with E-state index in [9.17, 15) is 0 Å². The van der Waals surface area contributed by atoms with Crippen molar-refractivity contribution in [3.05, 3.63) is 11.6 Å². The molecule has 3 heteroatoms. The molecule has 0 bridgehead atoms. The number of hydrogen-bond acceptors (Lipinski definition) is 2. The smallest absolute Gasteiger partial charge is 0.409 e. The second-order valence-electron chi connectivity index (χ2n) is 4.44. The molecule has 0 aliphatic heterocycles. The van der Waals surface area contributed by atoms with Crippen LogP contribution in [0.15, 0.2) is 11.6 Å². The zero-order chi connectivity index (χ0) is 11.8. The maximum Gasteiger partial charge on any atom is 0.461 e. The average molecular weight is 212 g/mol. The van der Waals surface area contributed by atoms with E-state index in [1.54, 1.807) is 0 Å². The Morgan fingerprint density at radius 2 is 1.60 bits per heavy atom. The third-order valence-corrected chi connectivity index (χ3v) is 2.06. The molecule has 0 N–H and O–H groups in total. The fourth-order valence-electron chi connectivity index (χ4n) is 1.19. The molecule has 0 aliphatic rings. The monoisotopic (exact) mass is 212 g/mol. The summed E-state index contributed by atoms with van der Waals surface area (Å²) in [5, 5.41) is 0. The molecule has 15 heavy (non-hydrogen) atoms. The third kappa shape index (κ3) is 8.70. The molecule has 2 nitrogen and oxygen atoms in total. The van der Waals surface area contributed by atoms with Crippen molar-refractivity contribution in [2.24, 2.45) is 0 Å². The number of rotatable bonds is 7. The lowest BCUT2D eigenvalue weighted by Gasteiger charge is -2.18. The van der Waals surface area contributed by atoms with Crippen molar-refractivity contribution in [1.29, 1.82) is 0 Å². The van der Waals surface area contributed by atoms with Gasteiger partial charge in [0.2, 0.25) is 0 Å². The van der Waals surface area contributed by atoms with E-state index in [1.165, 1.54) is 5.57 Å². The summed E-state index contributed by atoms with van der Waals surface area (Å²) in [6, 6.07) is 0. The zero-order valence-electron chi connectivity index (χ0n) is 11.0. The SMILES string of the molecule is CC/C(C)=C/CB(OC(C)C)OC(C)C. The highest BCUT2D eigenvalue weighted by atomic mass is 16.6. The van der Waals surface area contributed by atoms with Gasteiger partial charge in [-0.2, -0.15) is 0 Å². The second-order valence-corrected chi connectivity index (χ2v) is 4.44. The first-order chi connectivity index (χ1) is 6.95. The van der Waals surface area contributed by atoms with Crippen molar-refractivity contribution in [2.75, 3.05) is 0 Å². The van der Waals surface area contributed by atoms with E-state index >= 15 is 0 Å². The maximum atomic E-state index is 5.69. The Kier molecular flexibility index (Phi) is 7.80. The van der Waals surface area contributed by atoms with E-state index in [-0.39, 0.29) is 19.3 Å². The van der Waals surface area contributed by atoms with E-state index in [0.717, 1.165) is 12.7 Å². The minimum absolute atomic E-state index is 0.105. The summed E-state index contributed by atoms with van der Waals surface area (Å²) in [6.45, 7) is 12.4. The molecule has 0 rings (SSSR count). The third-order valence-electron chi connectivity index (χ3n) is 2.06. The Morgan fingerprint density at radius 1 is 1.13 bits per heavy atom. The first-order valence-electron chi connectivity index (χ1n) is 5.92. The van der Waals surface area contributed by atoms with Crippen LogP contribution in [-0.2, 0) is 9.31 Å². The molecule has 88 valence electrons. The van der Waals surface area contributed by atoms with Gasteiger partial charge in [-0.1, -0.05) is 18.6 Å². The van der Waals surface area contributed by atoms with Gasteiger partial charge >= 0.3 is 7.12 Å². The molecule has 0 aromatic rings. The molecule has 0 saturated heterocycles. The largest absolute Gasteiger partial charge is 0.461 e. The highest BCUT2D eigenvalue weighted by Crippen LogP contribution is 2.09. The van der Waals surface area contributed by atoms with Gasteiger partial charge in [0.05, 0.1) is 0 Å². The standard InChI is InChI=1S/C12H25BO2/c1-7-12(6)8-9-13(14-10(2)3)15-11(4)5/h8,10-11H,7,9H2,1-6H3/b12-8+. The quantitative estimate of drug-likeness (QED) is 0.473. The number of hydrogen-bond donors (Lipinski definition) is 0. The van der Waals surface area contributed by atoms with Gasteiger partial charge in [-0.05, 0) is 41.0 Å². The van der Waals surface area contributed by atoms with Crippen LogP contribution in [-0.4, -0.2) is 19.3 Å². The van der Waals surface area contributed by atoms with Crippen molar-refractivity contribution in [3.8, 4) is 0 Å². The van der Waals surface area contributed by atoms with Crippen LogP contribution in [0, 0.1) is 0 Å². The van der Waals surface area contributed by atoms with E-state index in [1.807, 2.05) is 27.7 Å². The molecule has 0 atom stereocenters. The molecule has 0 aromatic heterocycles. The van der Waals surface area contributed by atoms with Crippen LogP contribution in [0.1, 0.15) is 48.0 Å². The molecule has 0 aliphatic carbocycles. The van der Waals surface area contributed by atoms with Crippen LogP contribution in [0.4, 0.5) is 0 Å². The molecule has 0 heterocycles. The Morgan fingerprint density at radius 3 is 1.93 bits per heavy atom. The van der Waals surface area contributed by atoms with Crippen LogP contribution in [0.25, 0.3) is 0 Å². The fourth-order valence-corrected chi connectivity index (χ4v) is 1.19. The van der Waals surface area contributed by atoms with Crippen molar-refractivity contribution < 1.29 is 9.31 Å². The van der Waals surface area contributed by atoms with Crippen molar-refractivity contribution in [2.45, 2.75) is 66.5 Å². The van der Waals surface area contributed by atoms with Gasteiger partial charge in [-0.25, -0.2) is 0 Å².